The van der Waals surface area contributed by atoms with Crippen LogP contribution >= 0.6 is 0 Å². The minimum absolute atomic E-state index is 0.00933. The monoisotopic (exact) mass is 372 g/mol. The normalized spacial score (nSPS) is 15.3. The number of H-pyrrole nitrogens is 1. The van der Waals surface area contributed by atoms with Gasteiger partial charge in [0.15, 0.2) is 17.3 Å². The number of nitrogens with one attached hydrogen (secondary N) is 1. The van der Waals surface area contributed by atoms with E-state index >= 15 is 0 Å². The average Bonchev–Trinajstić information content (AvgIpc) is 3.30. The van der Waals surface area contributed by atoms with Gasteiger partial charge in [0.2, 0.25) is 6.79 Å². The van der Waals surface area contributed by atoms with Crippen molar-refractivity contribution in [3.05, 3.63) is 50.2 Å². The van der Waals surface area contributed by atoms with Gasteiger partial charge < -0.3 is 15.2 Å². The van der Waals surface area contributed by atoms with Crippen LogP contribution in [0.25, 0.3) is 0 Å². The van der Waals surface area contributed by atoms with E-state index in [4.69, 9.17) is 15.2 Å². The van der Waals surface area contributed by atoms with Crippen molar-refractivity contribution in [2.24, 2.45) is 0 Å². The van der Waals surface area contributed by atoms with Crippen LogP contribution in [0.2, 0.25) is 0 Å². The summed E-state index contributed by atoms with van der Waals surface area (Å²) >= 11 is 0. The molecule has 1 aliphatic carbocycles. The summed E-state index contributed by atoms with van der Waals surface area (Å²) < 4.78 is 11.9. The van der Waals surface area contributed by atoms with Gasteiger partial charge in [-0.2, -0.15) is 0 Å². The number of benzene rings is 1. The molecule has 0 unspecified atom stereocenters. The zero-order valence-corrected chi connectivity index (χ0v) is 14.9. The largest absolute Gasteiger partial charge is 0.454 e. The van der Waals surface area contributed by atoms with Gasteiger partial charge in [-0.3, -0.25) is 24.0 Å². The fourth-order valence-corrected chi connectivity index (χ4v) is 3.26. The van der Waals surface area contributed by atoms with E-state index < -0.39 is 17.0 Å². The standard InChI is InChI=1S/C18H20N4O5/c1-21(7-10-2-5-13-14(6-10)27-9-26-13)8-12(23)15-16(19)22(11-3-4-11)18(25)20-17(15)24/h2,5-6,11H,3-4,7-9,19H2,1H3,(H,20,24,25). The topological polar surface area (TPSA) is 120 Å². The first kappa shape index (κ1) is 17.3. The Hall–Kier alpha value is -3.07. The Morgan fingerprint density at radius 3 is 2.78 bits per heavy atom. The van der Waals surface area contributed by atoms with Gasteiger partial charge in [-0.25, -0.2) is 4.79 Å². The number of aromatic nitrogens is 2. The molecule has 2 aromatic rings. The summed E-state index contributed by atoms with van der Waals surface area (Å²) in [6, 6.07) is 5.54. The minimum Gasteiger partial charge on any atom is -0.454 e. The van der Waals surface area contributed by atoms with E-state index in [0.29, 0.717) is 18.0 Å². The van der Waals surface area contributed by atoms with E-state index in [1.165, 1.54) is 4.57 Å². The molecule has 0 radical (unpaired) electrons. The molecule has 27 heavy (non-hydrogen) atoms. The first-order chi connectivity index (χ1) is 12.9. The van der Waals surface area contributed by atoms with Crippen molar-refractivity contribution in [1.29, 1.82) is 0 Å². The molecule has 1 saturated carbocycles. The Kier molecular flexibility index (Phi) is 4.23. The number of rotatable bonds is 6. The molecule has 0 spiro atoms. The molecule has 1 fully saturated rings. The highest BCUT2D eigenvalue weighted by molar-refractivity contribution is 6.01. The second kappa shape index (κ2) is 6.58. The lowest BCUT2D eigenvalue weighted by molar-refractivity contribution is 0.0941. The highest BCUT2D eigenvalue weighted by atomic mass is 16.7. The van der Waals surface area contributed by atoms with Gasteiger partial charge in [0, 0.05) is 12.6 Å². The Morgan fingerprint density at radius 2 is 2.04 bits per heavy atom. The highest BCUT2D eigenvalue weighted by Gasteiger charge is 2.30. The number of anilines is 1. The van der Waals surface area contributed by atoms with E-state index in [0.717, 1.165) is 18.4 Å². The number of nitrogen functional groups attached to an aromatic ring is 1. The van der Waals surface area contributed by atoms with E-state index in [2.05, 4.69) is 4.98 Å². The van der Waals surface area contributed by atoms with Crippen molar-refractivity contribution in [2.75, 3.05) is 26.1 Å². The first-order valence-corrected chi connectivity index (χ1v) is 8.68. The number of nitrogens with two attached hydrogens (primary N) is 1. The second-order valence-corrected chi connectivity index (χ2v) is 6.90. The summed E-state index contributed by atoms with van der Waals surface area (Å²) in [6.07, 6.45) is 1.63. The number of carbonyl (C=O) groups excluding carboxylic acids is 1. The zero-order valence-electron chi connectivity index (χ0n) is 14.9. The number of aromatic amines is 1. The van der Waals surface area contributed by atoms with Gasteiger partial charge in [0.05, 0.1) is 6.54 Å². The molecule has 2 aliphatic rings. The van der Waals surface area contributed by atoms with E-state index in [1.54, 1.807) is 11.9 Å². The Labute approximate surface area is 154 Å². The third-order valence-electron chi connectivity index (χ3n) is 4.68. The highest BCUT2D eigenvalue weighted by Crippen LogP contribution is 2.35. The third-order valence-corrected chi connectivity index (χ3v) is 4.68. The summed E-state index contributed by atoms with van der Waals surface area (Å²) in [5.41, 5.74) is 5.48. The maximum atomic E-state index is 12.7. The molecule has 1 aromatic carbocycles. The van der Waals surface area contributed by atoms with Gasteiger partial charge in [-0.1, -0.05) is 6.07 Å². The lowest BCUT2D eigenvalue weighted by Crippen LogP contribution is -2.38. The molecule has 0 amide bonds. The van der Waals surface area contributed by atoms with Crippen LogP contribution in [-0.4, -0.2) is 40.6 Å². The van der Waals surface area contributed by atoms with Gasteiger partial charge in [0.25, 0.3) is 5.56 Å². The van der Waals surface area contributed by atoms with Crippen molar-refractivity contribution in [3.63, 3.8) is 0 Å². The number of carbonyl (C=O) groups is 1. The number of hydrogen-bond donors (Lipinski definition) is 2. The maximum Gasteiger partial charge on any atom is 0.330 e. The zero-order chi connectivity index (χ0) is 19.1. The summed E-state index contributed by atoms with van der Waals surface area (Å²) in [6.45, 7) is 0.666. The van der Waals surface area contributed by atoms with Crippen LogP contribution in [0.4, 0.5) is 5.82 Å². The minimum atomic E-state index is -0.740. The number of ether oxygens (including phenoxy) is 2. The van der Waals surface area contributed by atoms with Gasteiger partial charge >= 0.3 is 5.69 Å². The summed E-state index contributed by atoms with van der Waals surface area (Å²) in [4.78, 5) is 40.8. The molecule has 9 nitrogen and oxygen atoms in total. The van der Waals surface area contributed by atoms with Crippen LogP contribution < -0.4 is 26.5 Å². The van der Waals surface area contributed by atoms with Crippen LogP contribution in [0.5, 0.6) is 11.5 Å². The first-order valence-electron chi connectivity index (χ1n) is 8.68. The summed E-state index contributed by atoms with van der Waals surface area (Å²) in [5.74, 6) is 0.891. The van der Waals surface area contributed by atoms with Crippen LogP contribution in [0, 0.1) is 0 Å². The number of fused-ring (bicyclic) bond motifs is 1. The number of ketones is 1. The van der Waals surface area contributed by atoms with Gasteiger partial charge in [-0.05, 0) is 37.6 Å². The number of hydrogen-bond acceptors (Lipinski definition) is 7. The number of Topliss-reactive ketones (excluding diaryl/α,β-unsaturated/α-hetero) is 1. The van der Waals surface area contributed by atoms with Crippen molar-refractivity contribution < 1.29 is 14.3 Å². The molecule has 2 heterocycles. The number of nitrogens with zero attached hydrogens (tertiary/aromatic N) is 2. The summed E-state index contributed by atoms with van der Waals surface area (Å²) in [7, 11) is 1.77. The molecule has 0 saturated heterocycles. The Bertz CT molecular complexity index is 1020. The van der Waals surface area contributed by atoms with E-state index in [1.807, 2.05) is 18.2 Å². The lowest BCUT2D eigenvalue weighted by Gasteiger charge is -2.17. The average molecular weight is 372 g/mol. The quantitative estimate of drug-likeness (QED) is 0.709. The SMILES string of the molecule is CN(CC(=O)c1c(N)n(C2CC2)c(=O)[nH]c1=O)Cc1ccc2c(c1)OCO2. The maximum absolute atomic E-state index is 12.7. The molecular formula is C18H20N4O5. The third kappa shape index (κ3) is 3.33. The molecule has 0 bridgehead atoms. The van der Waals surface area contributed by atoms with Crippen molar-refractivity contribution in [1.82, 2.24) is 14.5 Å². The lowest BCUT2D eigenvalue weighted by atomic mass is 10.1. The van der Waals surface area contributed by atoms with Crippen LogP contribution in [0.1, 0.15) is 34.8 Å². The Morgan fingerprint density at radius 1 is 1.30 bits per heavy atom. The molecule has 0 atom stereocenters. The molecule has 142 valence electrons. The fraction of sp³-hybridized carbons (Fsp3) is 0.389. The predicted octanol–water partition coefficient (Wildman–Crippen LogP) is 0.497. The molecular weight excluding hydrogens is 352 g/mol. The molecule has 9 heteroatoms. The Balaban J connectivity index is 1.51. The van der Waals surface area contributed by atoms with Crippen LogP contribution in [-0.2, 0) is 6.54 Å². The van der Waals surface area contributed by atoms with Gasteiger partial charge in [0.1, 0.15) is 11.4 Å². The fourth-order valence-electron chi connectivity index (χ4n) is 3.26. The summed E-state index contributed by atoms with van der Waals surface area (Å²) in [5, 5.41) is 0. The second-order valence-electron chi connectivity index (χ2n) is 6.90. The molecule has 4 rings (SSSR count). The molecule has 1 aromatic heterocycles. The van der Waals surface area contributed by atoms with Crippen LogP contribution in [0.3, 0.4) is 0 Å². The number of likely N-dealkylation sites (N-methyl/N-ethyl adjacent to an activating group) is 1. The van der Waals surface area contributed by atoms with Crippen molar-refractivity contribution in [2.45, 2.75) is 25.4 Å². The van der Waals surface area contributed by atoms with Crippen molar-refractivity contribution in [3.8, 4) is 11.5 Å². The van der Waals surface area contributed by atoms with Crippen LogP contribution in [0.15, 0.2) is 27.8 Å². The van der Waals surface area contributed by atoms with Crippen molar-refractivity contribution >= 4 is 11.6 Å². The van der Waals surface area contributed by atoms with E-state index in [-0.39, 0.29) is 30.8 Å². The predicted molar refractivity (Wildman–Crippen MR) is 97.2 cm³/mol. The van der Waals surface area contributed by atoms with Gasteiger partial charge in [-0.15, -0.1) is 0 Å². The molecule has 1 aliphatic heterocycles. The van der Waals surface area contributed by atoms with E-state index in [9.17, 15) is 14.4 Å². The molecule has 3 N–H and O–H groups in total. The smallest absolute Gasteiger partial charge is 0.330 e.